The highest BCUT2D eigenvalue weighted by Crippen LogP contribution is 2.24. The minimum Gasteiger partial charge on any atom is -0.497 e. The minimum absolute atomic E-state index is 0.0776. The Kier molecular flexibility index (Phi) is 4.32. The zero-order valence-electron chi connectivity index (χ0n) is 10.8. The number of nitrogens with zero attached hydrogens (tertiary/aromatic N) is 1. The number of ketones is 1. The molecule has 0 amide bonds. The molecule has 1 heterocycles. The van der Waals surface area contributed by atoms with Gasteiger partial charge in [-0.3, -0.25) is 9.78 Å². The van der Waals surface area contributed by atoms with Gasteiger partial charge in [-0.15, -0.1) is 0 Å². The summed E-state index contributed by atoms with van der Waals surface area (Å²) in [5.74, 6) is 0.825. The molecule has 3 nitrogen and oxygen atoms in total. The summed E-state index contributed by atoms with van der Waals surface area (Å²) in [4.78, 5) is 16.3. The lowest BCUT2D eigenvalue weighted by Gasteiger charge is -2.08. The Morgan fingerprint density at radius 3 is 2.84 bits per heavy atom. The highest BCUT2D eigenvalue weighted by atomic mass is 79.9. The van der Waals surface area contributed by atoms with Crippen molar-refractivity contribution in [3.8, 4) is 5.75 Å². The van der Waals surface area contributed by atoms with Crippen LogP contribution >= 0.6 is 15.9 Å². The van der Waals surface area contributed by atoms with Crippen molar-refractivity contribution in [2.75, 3.05) is 7.11 Å². The number of rotatable bonds is 4. The molecule has 19 heavy (non-hydrogen) atoms. The first kappa shape index (κ1) is 13.7. The lowest BCUT2D eigenvalue weighted by Crippen LogP contribution is -2.06. The van der Waals surface area contributed by atoms with Gasteiger partial charge in [-0.25, -0.2) is 0 Å². The van der Waals surface area contributed by atoms with Gasteiger partial charge in [-0.1, -0.05) is 15.9 Å². The zero-order chi connectivity index (χ0) is 13.8. The number of pyridine rings is 1. The third-order valence-corrected chi connectivity index (χ3v) is 3.70. The number of carbonyl (C=O) groups excluding carboxylic acids is 1. The van der Waals surface area contributed by atoms with E-state index in [-0.39, 0.29) is 5.78 Å². The Hall–Kier alpha value is -1.68. The van der Waals surface area contributed by atoms with Crippen LogP contribution in [0.15, 0.2) is 41.1 Å². The highest BCUT2D eigenvalue weighted by Gasteiger charge is 2.12. The van der Waals surface area contributed by atoms with Crippen LogP contribution in [0.1, 0.15) is 21.5 Å². The topological polar surface area (TPSA) is 39.2 Å². The van der Waals surface area contributed by atoms with E-state index in [9.17, 15) is 4.79 Å². The van der Waals surface area contributed by atoms with E-state index in [4.69, 9.17) is 4.74 Å². The average molecular weight is 320 g/mol. The fourth-order valence-corrected chi connectivity index (χ4v) is 2.25. The molecular weight excluding hydrogens is 306 g/mol. The number of hydrogen-bond donors (Lipinski definition) is 0. The van der Waals surface area contributed by atoms with Crippen LogP contribution in [0, 0.1) is 6.92 Å². The summed E-state index contributed by atoms with van der Waals surface area (Å²) in [6.45, 7) is 1.89. The molecule has 0 aliphatic carbocycles. The predicted molar refractivity (Wildman–Crippen MR) is 77.7 cm³/mol. The van der Waals surface area contributed by atoms with Crippen LogP contribution in [0.3, 0.4) is 0 Å². The van der Waals surface area contributed by atoms with Crippen molar-refractivity contribution >= 4 is 21.7 Å². The Balaban J connectivity index is 2.26. The van der Waals surface area contributed by atoms with Crippen molar-refractivity contribution < 1.29 is 9.53 Å². The second-order valence-electron chi connectivity index (χ2n) is 4.25. The Morgan fingerprint density at radius 2 is 2.16 bits per heavy atom. The van der Waals surface area contributed by atoms with E-state index in [2.05, 4.69) is 20.9 Å². The summed E-state index contributed by atoms with van der Waals surface area (Å²) < 4.78 is 6.09. The zero-order valence-corrected chi connectivity index (χ0v) is 12.4. The summed E-state index contributed by atoms with van der Waals surface area (Å²) in [5, 5.41) is 0. The third-order valence-electron chi connectivity index (χ3n) is 2.92. The van der Waals surface area contributed by atoms with Gasteiger partial charge in [0, 0.05) is 28.9 Å². The SMILES string of the molecule is COc1ccc(Br)c(CC(=O)c2ccncc2C)c1. The summed E-state index contributed by atoms with van der Waals surface area (Å²) >= 11 is 3.46. The molecule has 0 aliphatic heterocycles. The van der Waals surface area contributed by atoms with Crippen LogP contribution in [-0.2, 0) is 6.42 Å². The van der Waals surface area contributed by atoms with Gasteiger partial charge in [0.15, 0.2) is 5.78 Å². The Labute approximate surface area is 120 Å². The number of carbonyl (C=O) groups is 1. The van der Waals surface area contributed by atoms with E-state index < -0.39 is 0 Å². The van der Waals surface area contributed by atoms with Gasteiger partial charge < -0.3 is 4.74 Å². The molecular formula is C15H14BrNO2. The van der Waals surface area contributed by atoms with Crippen molar-refractivity contribution in [3.05, 3.63) is 57.8 Å². The minimum atomic E-state index is 0.0776. The highest BCUT2D eigenvalue weighted by molar-refractivity contribution is 9.10. The number of halogens is 1. The van der Waals surface area contributed by atoms with Crippen LogP contribution in [0.4, 0.5) is 0 Å². The van der Waals surface area contributed by atoms with Crippen molar-refractivity contribution in [1.82, 2.24) is 4.98 Å². The van der Waals surface area contributed by atoms with E-state index in [1.165, 1.54) is 0 Å². The van der Waals surface area contributed by atoms with Gasteiger partial charge >= 0.3 is 0 Å². The lowest BCUT2D eigenvalue weighted by molar-refractivity contribution is 0.0992. The molecule has 0 atom stereocenters. The van der Waals surface area contributed by atoms with Gasteiger partial charge in [0.25, 0.3) is 0 Å². The maximum Gasteiger partial charge on any atom is 0.167 e. The first-order valence-electron chi connectivity index (χ1n) is 5.88. The van der Waals surface area contributed by atoms with E-state index in [1.54, 1.807) is 25.6 Å². The summed E-state index contributed by atoms with van der Waals surface area (Å²) in [6.07, 6.45) is 3.68. The summed E-state index contributed by atoms with van der Waals surface area (Å²) in [7, 11) is 1.61. The van der Waals surface area contributed by atoms with Gasteiger partial charge in [0.05, 0.1) is 7.11 Å². The first-order chi connectivity index (χ1) is 9.11. The number of aryl methyl sites for hydroxylation is 1. The maximum atomic E-state index is 12.3. The monoisotopic (exact) mass is 319 g/mol. The molecule has 2 rings (SSSR count). The fourth-order valence-electron chi connectivity index (χ4n) is 1.87. The number of Topliss-reactive ketones (excluding diaryl/α,β-unsaturated/α-hetero) is 1. The van der Waals surface area contributed by atoms with E-state index in [0.29, 0.717) is 12.0 Å². The first-order valence-corrected chi connectivity index (χ1v) is 6.67. The Bertz CT molecular complexity index is 611. The second-order valence-corrected chi connectivity index (χ2v) is 5.10. The largest absolute Gasteiger partial charge is 0.497 e. The summed E-state index contributed by atoms with van der Waals surface area (Å²) in [5.41, 5.74) is 2.52. The molecule has 0 saturated heterocycles. The number of aromatic nitrogens is 1. The smallest absolute Gasteiger partial charge is 0.167 e. The molecule has 1 aromatic heterocycles. The second kappa shape index (κ2) is 5.97. The van der Waals surface area contributed by atoms with E-state index in [1.807, 2.05) is 25.1 Å². The molecule has 1 aromatic carbocycles. The van der Waals surface area contributed by atoms with E-state index in [0.717, 1.165) is 21.3 Å². The number of ether oxygens (including phenoxy) is 1. The molecule has 0 unspecified atom stereocenters. The average Bonchev–Trinajstić information content (AvgIpc) is 2.41. The maximum absolute atomic E-state index is 12.3. The molecule has 0 N–H and O–H groups in total. The molecule has 0 radical (unpaired) electrons. The van der Waals surface area contributed by atoms with Crippen LogP contribution in [0.5, 0.6) is 5.75 Å². The predicted octanol–water partition coefficient (Wildman–Crippen LogP) is 3.59. The molecule has 4 heteroatoms. The molecule has 0 aliphatic rings. The normalized spacial score (nSPS) is 10.3. The van der Waals surface area contributed by atoms with Gasteiger partial charge in [-0.2, -0.15) is 0 Å². The number of methoxy groups -OCH3 is 1. The third kappa shape index (κ3) is 3.20. The number of hydrogen-bond acceptors (Lipinski definition) is 3. The van der Waals surface area contributed by atoms with Crippen LogP contribution < -0.4 is 4.74 Å². The molecule has 0 saturated carbocycles. The van der Waals surface area contributed by atoms with Crippen LogP contribution in [-0.4, -0.2) is 17.9 Å². The van der Waals surface area contributed by atoms with Gasteiger partial charge in [0.2, 0.25) is 0 Å². The van der Waals surface area contributed by atoms with Crippen molar-refractivity contribution in [2.24, 2.45) is 0 Å². The molecule has 98 valence electrons. The standard InChI is InChI=1S/C15H14BrNO2/c1-10-9-17-6-5-13(10)15(18)8-11-7-12(19-2)3-4-14(11)16/h3-7,9H,8H2,1-2H3. The summed E-state index contributed by atoms with van der Waals surface area (Å²) in [6, 6.07) is 7.38. The van der Waals surface area contributed by atoms with Crippen molar-refractivity contribution in [3.63, 3.8) is 0 Å². The molecule has 2 aromatic rings. The van der Waals surface area contributed by atoms with E-state index >= 15 is 0 Å². The lowest BCUT2D eigenvalue weighted by atomic mass is 10.0. The van der Waals surface area contributed by atoms with Crippen molar-refractivity contribution in [2.45, 2.75) is 13.3 Å². The van der Waals surface area contributed by atoms with Crippen LogP contribution in [0.25, 0.3) is 0 Å². The fraction of sp³-hybridized carbons (Fsp3) is 0.200. The van der Waals surface area contributed by atoms with Crippen molar-refractivity contribution in [1.29, 1.82) is 0 Å². The van der Waals surface area contributed by atoms with Gasteiger partial charge in [0.1, 0.15) is 5.75 Å². The molecule has 0 bridgehead atoms. The number of benzene rings is 1. The molecule has 0 spiro atoms. The quantitative estimate of drug-likeness (QED) is 0.808. The van der Waals surface area contributed by atoms with Crippen LogP contribution in [0.2, 0.25) is 0 Å². The molecule has 0 fully saturated rings. The van der Waals surface area contributed by atoms with Gasteiger partial charge in [-0.05, 0) is 42.3 Å². The Morgan fingerprint density at radius 1 is 1.37 bits per heavy atom.